The molecule has 30 heavy (non-hydrogen) atoms. The highest BCUT2D eigenvalue weighted by molar-refractivity contribution is 9.10. The number of carbonyl (C=O) groups is 1. The number of hydrogen-bond donors (Lipinski definition) is 2. The number of sulfonamides is 1. The zero-order valence-electron chi connectivity index (χ0n) is 16.6. The number of methoxy groups -OCH3 is 1. The van der Waals surface area contributed by atoms with Gasteiger partial charge in [0.15, 0.2) is 11.5 Å². The zero-order chi connectivity index (χ0) is 21.9. The third-order valence-electron chi connectivity index (χ3n) is 4.70. The number of halogens is 1. The molecule has 1 heterocycles. The molecule has 0 unspecified atom stereocenters. The highest BCUT2D eigenvalue weighted by Gasteiger charge is 2.28. The van der Waals surface area contributed by atoms with Gasteiger partial charge in [-0.05, 0) is 66.0 Å². The molecule has 162 valence electrons. The molecule has 0 aromatic heterocycles. The second-order valence-electron chi connectivity index (χ2n) is 6.67. The molecule has 2 aromatic rings. The minimum absolute atomic E-state index is 0.00393. The van der Waals surface area contributed by atoms with Gasteiger partial charge in [0.05, 0.1) is 28.8 Å². The van der Waals surface area contributed by atoms with Crippen LogP contribution in [0.4, 0.5) is 5.69 Å². The second-order valence-corrected chi connectivity index (χ2v) is 9.46. The third-order valence-corrected chi connectivity index (χ3v) is 7.18. The molecule has 1 aliphatic heterocycles. The average molecular weight is 499 g/mol. The van der Waals surface area contributed by atoms with Crippen molar-refractivity contribution in [3.05, 3.63) is 40.4 Å². The van der Waals surface area contributed by atoms with E-state index in [1.165, 1.54) is 35.7 Å². The van der Waals surface area contributed by atoms with Gasteiger partial charge in [-0.1, -0.05) is 0 Å². The first kappa shape index (κ1) is 22.4. The highest BCUT2D eigenvalue weighted by atomic mass is 79.9. The summed E-state index contributed by atoms with van der Waals surface area (Å²) in [6, 6.07) is 6.92. The van der Waals surface area contributed by atoms with Crippen molar-refractivity contribution in [3.8, 4) is 17.2 Å². The maximum atomic E-state index is 12.8. The van der Waals surface area contributed by atoms with Crippen molar-refractivity contribution in [3.63, 3.8) is 0 Å². The van der Waals surface area contributed by atoms with Crippen molar-refractivity contribution in [2.45, 2.75) is 24.7 Å². The number of ether oxygens (including phenoxy) is 2. The molecular formula is C20H23BrN2O6S. The Bertz CT molecular complexity index is 1050. The summed E-state index contributed by atoms with van der Waals surface area (Å²) >= 11 is 3.36. The molecule has 10 heteroatoms. The predicted octanol–water partition coefficient (Wildman–Crippen LogP) is 3.60. The number of nitrogens with zero attached hydrogens (tertiary/aromatic N) is 1. The molecule has 1 aliphatic rings. The number of aromatic hydroxyl groups is 1. The van der Waals surface area contributed by atoms with Gasteiger partial charge in [0, 0.05) is 18.7 Å². The van der Waals surface area contributed by atoms with E-state index in [1.807, 2.05) is 6.92 Å². The molecule has 0 atom stereocenters. The Morgan fingerprint density at radius 2 is 1.93 bits per heavy atom. The Morgan fingerprint density at radius 3 is 2.57 bits per heavy atom. The fourth-order valence-corrected chi connectivity index (χ4v) is 5.28. The van der Waals surface area contributed by atoms with E-state index in [-0.39, 0.29) is 21.9 Å². The molecule has 0 radical (unpaired) electrons. The van der Waals surface area contributed by atoms with Gasteiger partial charge in [-0.25, -0.2) is 8.42 Å². The minimum Gasteiger partial charge on any atom is -0.506 e. The Labute approximate surface area is 184 Å². The van der Waals surface area contributed by atoms with Crippen LogP contribution < -0.4 is 14.8 Å². The topological polar surface area (TPSA) is 105 Å². The van der Waals surface area contributed by atoms with Crippen LogP contribution in [0.25, 0.3) is 0 Å². The van der Waals surface area contributed by atoms with Crippen molar-refractivity contribution in [2.24, 2.45) is 0 Å². The molecule has 2 N–H and O–H groups in total. The standard InChI is InChI=1S/C20H23BrN2O6S/c1-3-29-19-15(21)10-13(11-18(19)28-2)20(25)22-16-12-14(6-7-17(16)24)30(26,27)23-8-4-5-9-23/h6-7,10-12,24H,3-5,8-9H2,1-2H3,(H,22,25). The van der Waals surface area contributed by atoms with Crippen LogP contribution in [0.3, 0.4) is 0 Å². The first-order valence-corrected chi connectivity index (χ1v) is 11.7. The van der Waals surface area contributed by atoms with E-state index >= 15 is 0 Å². The van der Waals surface area contributed by atoms with Gasteiger partial charge in [-0.3, -0.25) is 4.79 Å². The summed E-state index contributed by atoms with van der Waals surface area (Å²) in [4.78, 5) is 12.8. The summed E-state index contributed by atoms with van der Waals surface area (Å²) in [6.45, 7) is 3.18. The fraction of sp³-hybridized carbons (Fsp3) is 0.350. The summed E-state index contributed by atoms with van der Waals surface area (Å²) in [5, 5.41) is 12.7. The quantitative estimate of drug-likeness (QED) is 0.565. The number of rotatable bonds is 7. The number of nitrogens with one attached hydrogen (secondary N) is 1. The van der Waals surface area contributed by atoms with E-state index in [9.17, 15) is 18.3 Å². The number of amides is 1. The molecule has 0 aliphatic carbocycles. The van der Waals surface area contributed by atoms with Gasteiger partial charge < -0.3 is 19.9 Å². The van der Waals surface area contributed by atoms with Gasteiger partial charge in [0.1, 0.15) is 5.75 Å². The molecule has 1 saturated heterocycles. The van der Waals surface area contributed by atoms with E-state index < -0.39 is 15.9 Å². The molecule has 0 bridgehead atoms. The van der Waals surface area contributed by atoms with E-state index in [0.29, 0.717) is 35.7 Å². The number of phenolic OH excluding ortho intramolecular Hbond substituents is 1. The van der Waals surface area contributed by atoms with Crippen molar-refractivity contribution in [2.75, 3.05) is 32.1 Å². The van der Waals surface area contributed by atoms with Crippen LogP contribution in [0.15, 0.2) is 39.7 Å². The van der Waals surface area contributed by atoms with Crippen LogP contribution in [0.2, 0.25) is 0 Å². The molecule has 2 aromatic carbocycles. The monoisotopic (exact) mass is 498 g/mol. The lowest BCUT2D eigenvalue weighted by molar-refractivity contribution is 0.102. The number of hydrogen-bond acceptors (Lipinski definition) is 6. The van der Waals surface area contributed by atoms with Gasteiger partial charge in [0.25, 0.3) is 5.91 Å². The second kappa shape index (κ2) is 9.23. The summed E-state index contributed by atoms with van der Waals surface area (Å²) in [7, 11) is -2.22. The highest BCUT2D eigenvalue weighted by Crippen LogP contribution is 2.37. The SMILES string of the molecule is CCOc1c(Br)cc(C(=O)Nc2cc(S(=O)(=O)N3CCCC3)ccc2O)cc1OC. The Hall–Kier alpha value is -2.30. The summed E-state index contributed by atoms with van der Waals surface area (Å²) in [5.74, 6) is 0.0628. The fourth-order valence-electron chi connectivity index (χ4n) is 3.18. The maximum Gasteiger partial charge on any atom is 0.255 e. The summed E-state index contributed by atoms with van der Waals surface area (Å²) in [6.07, 6.45) is 1.63. The van der Waals surface area contributed by atoms with Crippen LogP contribution >= 0.6 is 15.9 Å². The predicted molar refractivity (Wildman–Crippen MR) is 116 cm³/mol. The summed E-state index contributed by atoms with van der Waals surface area (Å²) < 4.78 is 38.3. The Kier molecular flexibility index (Phi) is 6.89. The molecule has 1 fully saturated rings. The molecular weight excluding hydrogens is 476 g/mol. The van der Waals surface area contributed by atoms with Crippen LogP contribution in [-0.4, -0.2) is 50.5 Å². The first-order valence-electron chi connectivity index (χ1n) is 9.42. The van der Waals surface area contributed by atoms with E-state index in [1.54, 1.807) is 6.07 Å². The molecule has 0 spiro atoms. The van der Waals surface area contributed by atoms with Crippen molar-refractivity contribution >= 4 is 37.5 Å². The summed E-state index contributed by atoms with van der Waals surface area (Å²) in [5.41, 5.74) is 0.249. The lowest BCUT2D eigenvalue weighted by Crippen LogP contribution is -2.28. The van der Waals surface area contributed by atoms with Gasteiger partial charge >= 0.3 is 0 Å². The van der Waals surface area contributed by atoms with E-state index in [2.05, 4.69) is 21.2 Å². The normalized spacial score (nSPS) is 14.5. The van der Waals surface area contributed by atoms with Crippen LogP contribution in [-0.2, 0) is 10.0 Å². The Morgan fingerprint density at radius 1 is 1.23 bits per heavy atom. The number of phenols is 1. The maximum absolute atomic E-state index is 12.8. The smallest absolute Gasteiger partial charge is 0.255 e. The largest absolute Gasteiger partial charge is 0.506 e. The molecule has 3 rings (SSSR count). The lowest BCUT2D eigenvalue weighted by atomic mass is 10.1. The van der Waals surface area contributed by atoms with Crippen molar-refractivity contribution in [1.29, 1.82) is 0 Å². The number of anilines is 1. The van der Waals surface area contributed by atoms with Crippen LogP contribution in [0, 0.1) is 0 Å². The first-order chi connectivity index (χ1) is 14.3. The number of carbonyl (C=O) groups excluding carboxylic acids is 1. The van der Waals surface area contributed by atoms with E-state index in [4.69, 9.17) is 9.47 Å². The van der Waals surface area contributed by atoms with Crippen molar-refractivity contribution < 1.29 is 27.8 Å². The zero-order valence-corrected chi connectivity index (χ0v) is 19.0. The van der Waals surface area contributed by atoms with Crippen LogP contribution in [0.5, 0.6) is 17.2 Å². The van der Waals surface area contributed by atoms with Gasteiger partial charge in [-0.2, -0.15) is 4.31 Å². The number of benzene rings is 2. The van der Waals surface area contributed by atoms with Gasteiger partial charge in [0.2, 0.25) is 10.0 Å². The Balaban J connectivity index is 1.89. The average Bonchev–Trinajstić information content (AvgIpc) is 3.26. The molecule has 8 nitrogen and oxygen atoms in total. The lowest BCUT2D eigenvalue weighted by Gasteiger charge is -2.17. The van der Waals surface area contributed by atoms with Gasteiger partial charge in [-0.15, -0.1) is 0 Å². The van der Waals surface area contributed by atoms with Crippen molar-refractivity contribution in [1.82, 2.24) is 4.31 Å². The minimum atomic E-state index is -3.68. The van der Waals surface area contributed by atoms with Crippen LogP contribution in [0.1, 0.15) is 30.1 Å². The molecule has 1 amide bonds. The third kappa shape index (κ3) is 4.55. The molecule has 0 saturated carbocycles. The van der Waals surface area contributed by atoms with E-state index in [0.717, 1.165) is 12.8 Å².